The van der Waals surface area contributed by atoms with Crippen molar-refractivity contribution in [1.82, 2.24) is 9.97 Å². The van der Waals surface area contributed by atoms with Crippen molar-refractivity contribution in [3.8, 4) is 0 Å². The van der Waals surface area contributed by atoms with Crippen LogP contribution in [-0.4, -0.2) is 22.5 Å². The van der Waals surface area contributed by atoms with Gasteiger partial charge in [-0.15, -0.1) is 0 Å². The maximum atomic E-state index is 12.9. The van der Waals surface area contributed by atoms with Gasteiger partial charge < -0.3 is 21.3 Å². The maximum Gasteiger partial charge on any atom is 0.323 e. The van der Waals surface area contributed by atoms with Gasteiger partial charge in [-0.3, -0.25) is 0 Å². The van der Waals surface area contributed by atoms with E-state index >= 15 is 0 Å². The van der Waals surface area contributed by atoms with E-state index < -0.39 is 6.03 Å². The van der Waals surface area contributed by atoms with Crippen LogP contribution in [0.2, 0.25) is 0 Å². The molecule has 4 N–H and O–H groups in total. The highest BCUT2D eigenvalue weighted by molar-refractivity contribution is 5.99. The first-order chi connectivity index (χ1) is 13.5. The van der Waals surface area contributed by atoms with Crippen LogP contribution in [0.4, 0.5) is 38.0 Å². The lowest BCUT2D eigenvalue weighted by atomic mass is 10.2. The molecule has 0 aliphatic heterocycles. The van der Waals surface area contributed by atoms with Gasteiger partial charge in [0.2, 0.25) is 5.95 Å². The number of aryl methyl sites for hydroxylation is 1. The largest absolute Gasteiger partial charge is 0.354 e. The highest BCUT2D eigenvalue weighted by Gasteiger charge is 2.05. The van der Waals surface area contributed by atoms with Crippen LogP contribution in [0.15, 0.2) is 54.6 Å². The van der Waals surface area contributed by atoms with Crippen molar-refractivity contribution in [2.45, 2.75) is 13.8 Å². The van der Waals surface area contributed by atoms with Crippen LogP contribution in [0.1, 0.15) is 12.6 Å². The first kappa shape index (κ1) is 19.1. The number of urea groups is 1. The van der Waals surface area contributed by atoms with E-state index in [-0.39, 0.29) is 5.82 Å². The van der Waals surface area contributed by atoms with Crippen LogP contribution in [0.5, 0.6) is 0 Å². The van der Waals surface area contributed by atoms with Crippen LogP contribution in [0.25, 0.3) is 0 Å². The average Bonchev–Trinajstić information content (AvgIpc) is 2.65. The molecule has 0 aliphatic rings. The predicted molar refractivity (Wildman–Crippen MR) is 110 cm³/mol. The third kappa shape index (κ3) is 5.41. The van der Waals surface area contributed by atoms with Gasteiger partial charge in [0, 0.05) is 35.4 Å². The number of rotatable bonds is 6. The standard InChI is InChI=1S/C20H21FN6O/c1-3-22-19-23-13(2)12-18(27-19)24-15-8-10-17(11-9-15)26-20(28)25-16-6-4-14(21)5-7-16/h4-12H,3H2,1-2H3,(H2,25,26,28)(H2,22,23,24,27). The molecular formula is C20H21FN6O. The second-order valence-corrected chi connectivity index (χ2v) is 6.04. The minimum atomic E-state index is -0.408. The number of aromatic nitrogens is 2. The minimum absolute atomic E-state index is 0.356. The molecule has 0 bridgehead atoms. The molecule has 7 nitrogen and oxygen atoms in total. The lowest BCUT2D eigenvalue weighted by Gasteiger charge is -2.11. The molecule has 0 aliphatic carbocycles. The van der Waals surface area contributed by atoms with Gasteiger partial charge in [-0.25, -0.2) is 14.2 Å². The number of hydrogen-bond acceptors (Lipinski definition) is 5. The summed E-state index contributed by atoms with van der Waals surface area (Å²) in [7, 11) is 0. The summed E-state index contributed by atoms with van der Waals surface area (Å²) in [5.74, 6) is 0.893. The van der Waals surface area contributed by atoms with Crippen LogP contribution in [0.3, 0.4) is 0 Å². The van der Waals surface area contributed by atoms with Gasteiger partial charge in [0.1, 0.15) is 11.6 Å². The van der Waals surface area contributed by atoms with E-state index in [0.717, 1.165) is 17.9 Å². The summed E-state index contributed by atoms with van der Waals surface area (Å²) in [6, 6.07) is 14.2. The second-order valence-electron chi connectivity index (χ2n) is 6.04. The normalized spacial score (nSPS) is 10.2. The Morgan fingerprint density at radius 3 is 2.11 bits per heavy atom. The lowest BCUT2D eigenvalue weighted by molar-refractivity contribution is 0.262. The highest BCUT2D eigenvalue weighted by Crippen LogP contribution is 2.19. The van der Waals surface area contributed by atoms with Gasteiger partial charge in [-0.2, -0.15) is 4.98 Å². The van der Waals surface area contributed by atoms with E-state index in [2.05, 4.69) is 31.2 Å². The number of amides is 2. The van der Waals surface area contributed by atoms with Gasteiger partial charge in [-0.1, -0.05) is 0 Å². The van der Waals surface area contributed by atoms with Crippen LogP contribution >= 0.6 is 0 Å². The molecular weight excluding hydrogens is 359 g/mol. The summed E-state index contributed by atoms with van der Waals surface area (Å²) in [5, 5.41) is 11.7. The van der Waals surface area contributed by atoms with Crippen molar-refractivity contribution in [1.29, 1.82) is 0 Å². The Balaban J connectivity index is 1.60. The van der Waals surface area contributed by atoms with E-state index in [9.17, 15) is 9.18 Å². The van der Waals surface area contributed by atoms with Crippen LogP contribution < -0.4 is 21.3 Å². The molecule has 2 aromatic carbocycles. The molecule has 0 radical (unpaired) electrons. The highest BCUT2D eigenvalue weighted by atomic mass is 19.1. The molecule has 2 amide bonds. The topological polar surface area (TPSA) is 91.0 Å². The van der Waals surface area contributed by atoms with E-state index in [0.29, 0.717) is 23.1 Å². The number of halogens is 1. The molecule has 0 unspecified atom stereocenters. The lowest BCUT2D eigenvalue weighted by Crippen LogP contribution is -2.19. The molecule has 0 spiro atoms. The Bertz CT molecular complexity index is 944. The first-order valence-electron chi connectivity index (χ1n) is 8.82. The van der Waals surface area contributed by atoms with Gasteiger partial charge in [0.25, 0.3) is 0 Å². The summed E-state index contributed by atoms with van der Waals surface area (Å²) < 4.78 is 12.9. The average molecular weight is 380 g/mol. The monoisotopic (exact) mass is 380 g/mol. The molecule has 0 saturated carbocycles. The molecule has 0 fully saturated rings. The fourth-order valence-electron chi connectivity index (χ4n) is 2.48. The fourth-order valence-corrected chi connectivity index (χ4v) is 2.48. The van der Waals surface area contributed by atoms with E-state index in [4.69, 9.17) is 0 Å². The predicted octanol–water partition coefficient (Wildman–Crippen LogP) is 4.74. The fraction of sp³-hybridized carbons (Fsp3) is 0.150. The SMILES string of the molecule is CCNc1nc(C)cc(Nc2ccc(NC(=O)Nc3ccc(F)cc3)cc2)n1. The third-order valence-corrected chi connectivity index (χ3v) is 3.71. The molecule has 144 valence electrons. The minimum Gasteiger partial charge on any atom is -0.354 e. The van der Waals surface area contributed by atoms with Crippen molar-refractivity contribution in [3.63, 3.8) is 0 Å². The van der Waals surface area contributed by atoms with E-state index in [1.807, 2.05) is 32.0 Å². The van der Waals surface area contributed by atoms with Gasteiger partial charge in [-0.05, 0) is 62.4 Å². The molecule has 0 atom stereocenters. The number of carbonyl (C=O) groups excluding carboxylic acids is 1. The Morgan fingerprint density at radius 2 is 1.50 bits per heavy atom. The quantitative estimate of drug-likeness (QED) is 0.496. The van der Waals surface area contributed by atoms with Crippen molar-refractivity contribution in [3.05, 3.63) is 66.1 Å². The van der Waals surface area contributed by atoms with Crippen molar-refractivity contribution in [2.24, 2.45) is 0 Å². The molecule has 3 rings (SSSR count). The number of anilines is 5. The van der Waals surface area contributed by atoms with Crippen LogP contribution in [0, 0.1) is 12.7 Å². The molecule has 28 heavy (non-hydrogen) atoms. The zero-order valence-electron chi connectivity index (χ0n) is 15.6. The van der Waals surface area contributed by atoms with Gasteiger partial charge in [0.15, 0.2) is 0 Å². The third-order valence-electron chi connectivity index (χ3n) is 3.71. The molecule has 8 heteroatoms. The number of carbonyl (C=O) groups is 1. The van der Waals surface area contributed by atoms with Crippen molar-refractivity contribution in [2.75, 3.05) is 27.8 Å². The van der Waals surface area contributed by atoms with Crippen LogP contribution in [-0.2, 0) is 0 Å². The maximum absolute atomic E-state index is 12.9. The van der Waals surface area contributed by atoms with Crippen molar-refractivity contribution >= 4 is 34.9 Å². The molecule has 1 aromatic heterocycles. The molecule has 3 aromatic rings. The van der Waals surface area contributed by atoms with E-state index in [1.54, 1.807) is 12.1 Å². The summed E-state index contributed by atoms with van der Waals surface area (Å²) >= 11 is 0. The summed E-state index contributed by atoms with van der Waals surface area (Å²) in [6.45, 7) is 4.63. The number of nitrogens with zero attached hydrogens (tertiary/aromatic N) is 2. The second kappa shape index (κ2) is 8.81. The zero-order chi connectivity index (χ0) is 19.9. The number of hydrogen-bond donors (Lipinski definition) is 4. The summed E-state index contributed by atoms with van der Waals surface area (Å²) in [5.41, 5.74) is 2.81. The summed E-state index contributed by atoms with van der Waals surface area (Å²) in [4.78, 5) is 20.7. The van der Waals surface area contributed by atoms with Gasteiger partial charge in [0.05, 0.1) is 0 Å². The Labute approximate surface area is 162 Å². The van der Waals surface area contributed by atoms with Gasteiger partial charge >= 0.3 is 6.03 Å². The summed E-state index contributed by atoms with van der Waals surface area (Å²) in [6.07, 6.45) is 0. The first-order valence-corrected chi connectivity index (χ1v) is 8.82. The van der Waals surface area contributed by atoms with Crippen molar-refractivity contribution < 1.29 is 9.18 Å². The zero-order valence-corrected chi connectivity index (χ0v) is 15.6. The van der Waals surface area contributed by atoms with E-state index in [1.165, 1.54) is 24.3 Å². The molecule has 0 saturated heterocycles. The molecule has 1 heterocycles. The number of benzene rings is 2. The number of nitrogens with one attached hydrogen (secondary N) is 4. The smallest absolute Gasteiger partial charge is 0.323 e. The Morgan fingerprint density at radius 1 is 0.929 bits per heavy atom. The Hall–Kier alpha value is -3.68. The Kier molecular flexibility index (Phi) is 6.01.